The van der Waals surface area contributed by atoms with Crippen molar-refractivity contribution < 1.29 is 18.0 Å². The molecule has 1 aromatic heterocycles. The monoisotopic (exact) mass is 382 g/mol. The number of hydrogen-bond acceptors (Lipinski definition) is 5. The van der Waals surface area contributed by atoms with Crippen LogP contribution in [-0.2, 0) is 0 Å². The molecule has 7 nitrogen and oxygen atoms in total. The first-order chi connectivity index (χ1) is 12.9. The first-order valence-electron chi connectivity index (χ1n) is 8.61. The number of piperazine rings is 1. The van der Waals surface area contributed by atoms with Crippen LogP contribution in [0.4, 0.5) is 13.2 Å². The first kappa shape index (κ1) is 19.3. The molecule has 1 saturated heterocycles. The van der Waals surface area contributed by atoms with Crippen LogP contribution in [0.2, 0.25) is 0 Å². The van der Waals surface area contributed by atoms with E-state index in [4.69, 9.17) is 0 Å². The van der Waals surface area contributed by atoms with Gasteiger partial charge in [-0.1, -0.05) is 0 Å². The highest BCUT2D eigenvalue weighted by molar-refractivity contribution is 5.94. The summed E-state index contributed by atoms with van der Waals surface area (Å²) in [5.74, 6) is -0.535. The van der Waals surface area contributed by atoms with Gasteiger partial charge in [-0.2, -0.15) is 18.3 Å². The Morgan fingerprint density at radius 3 is 2.67 bits per heavy atom. The number of hydrogen-bond donors (Lipinski definition) is 2. The zero-order valence-corrected chi connectivity index (χ0v) is 14.8. The van der Waals surface area contributed by atoms with Crippen molar-refractivity contribution in [3.05, 3.63) is 42.0 Å². The predicted octanol–water partition coefficient (Wildman–Crippen LogP) is 1.14. The molecule has 10 heteroatoms. The number of benzene rings is 1. The van der Waals surface area contributed by atoms with Crippen molar-refractivity contribution in [2.45, 2.75) is 19.1 Å². The molecule has 3 rings (SSSR count). The molecule has 0 aliphatic carbocycles. The van der Waals surface area contributed by atoms with Crippen molar-refractivity contribution in [3.8, 4) is 5.69 Å². The molecule has 0 radical (unpaired) electrons. The summed E-state index contributed by atoms with van der Waals surface area (Å²) in [6, 6.07) is 3.18. The van der Waals surface area contributed by atoms with Crippen molar-refractivity contribution >= 4 is 5.91 Å². The highest BCUT2D eigenvalue weighted by atomic mass is 19.4. The second kappa shape index (κ2) is 8.05. The smallest absolute Gasteiger partial charge is 0.350 e. The lowest BCUT2D eigenvalue weighted by atomic mass is 10.1. The molecule has 2 N–H and O–H groups in total. The molecule has 1 atom stereocenters. The maximum atomic E-state index is 13.4. The van der Waals surface area contributed by atoms with Crippen molar-refractivity contribution in [1.82, 2.24) is 30.3 Å². The normalized spacial score (nSPS) is 16.9. The molecule has 146 valence electrons. The van der Waals surface area contributed by atoms with E-state index in [0.29, 0.717) is 31.7 Å². The van der Waals surface area contributed by atoms with Gasteiger partial charge in [-0.15, -0.1) is 0 Å². The standard InChI is InChI=1S/C17H21F3N6O/c1-12-8-13(2-3-14(12)26-11-22-10-24-26)16(27)23-9-15(17(18,19)20)25-6-4-21-5-7-25/h2-3,8,10-11,15,21H,4-7,9H2,1H3,(H,23,27). The Labute approximate surface area is 154 Å². The van der Waals surface area contributed by atoms with Gasteiger partial charge < -0.3 is 10.6 Å². The van der Waals surface area contributed by atoms with Gasteiger partial charge in [0.05, 0.1) is 5.69 Å². The minimum Gasteiger partial charge on any atom is -0.350 e. The molecule has 27 heavy (non-hydrogen) atoms. The maximum Gasteiger partial charge on any atom is 0.405 e. The lowest BCUT2D eigenvalue weighted by molar-refractivity contribution is -0.183. The molecule has 1 aliphatic heterocycles. The molecule has 0 bridgehead atoms. The van der Waals surface area contributed by atoms with Gasteiger partial charge in [0.15, 0.2) is 0 Å². The van der Waals surface area contributed by atoms with Crippen molar-refractivity contribution in [1.29, 1.82) is 0 Å². The molecule has 1 aromatic carbocycles. The van der Waals surface area contributed by atoms with E-state index >= 15 is 0 Å². The Morgan fingerprint density at radius 2 is 2.07 bits per heavy atom. The lowest BCUT2D eigenvalue weighted by Crippen LogP contribution is -2.57. The SMILES string of the molecule is Cc1cc(C(=O)NCC(N2CCNCC2)C(F)(F)F)ccc1-n1cncn1. The molecule has 2 aromatic rings. The third-order valence-corrected chi connectivity index (χ3v) is 4.55. The highest BCUT2D eigenvalue weighted by Crippen LogP contribution is 2.25. The van der Waals surface area contributed by atoms with Crippen LogP contribution >= 0.6 is 0 Å². The Hall–Kier alpha value is -2.46. The van der Waals surface area contributed by atoms with Gasteiger partial charge in [0.2, 0.25) is 0 Å². The van der Waals surface area contributed by atoms with E-state index in [9.17, 15) is 18.0 Å². The summed E-state index contributed by atoms with van der Waals surface area (Å²) in [4.78, 5) is 17.6. The Balaban J connectivity index is 1.67. The van der Waals surface area contributed by atoms with Crippen LogP contribution in [-0.4, -0.2) is 70.5 Å². The molecule has 1 fully saturated rings. The number of alkyl halides is 3. The highest BCUT2D eigenvalue weighted by Gasteiger charge is 2.43. The van der Waals surface area contributed by atoms with E-state index in [-0.39, 0.29) is 0 Å². The zero-order valence-electron chi connectivity index (χ0n) is 14.8. The summed E-state index contributed by atoms with van der Waals surface area (Å²) in [6.07, 6.45) is -1.48. The van der Waals surface area contributed by atoms with Crippen LogP contribution in [0.25, 0.3) is 5.69 Å². The van der Waals surface area contributed by atoms with Gasteiger partial charge in [0.25, 0.3) is 5.91 Å². The summed E-state index contributed by atoms with van der Waals surface area (Å²) < 4.78 is 41.8. The quantitative estimate of drug-likeness (QED) is 0.811. The molecule has 1 aliphatic rings. The van der Waals surface area contributed by atoms with Gasteiger partial charge in [0, 0.05) is 38.3 Å². The van der Waals surface area contributed by atoms with E-state index in [1.807, 2.05) is 0 Å². The molecule has 1 unspecified atom stereocenters. The van der Waals surface area contributed by atoms with Crippen LogP contribution in [0.3, 0.4) is 0 Å². The average Bonchev–Trinajstić information content (AvgIpc) is 3.15. The van der Waals surface area contributed by atoms with Crippen molar-refractivity contribution in [2.24, 2.45) is 0 Å². The van der Waals surface area contributed by atoms with Crippen molar-refractivity contribution in [3.63, 3.8) is 0 Å². The number of nitrogens with one attached hydrogen (secondary N) is 2. The fourth-order valence-corrected chi connectivity index (χ4v) is 3.12. The average molecular weight is 382 g/mol. The fourth-order valence-electron chi connectivity index (χ4n) is 3.12. The summed E-state index contributed by atoms with van der Waals surface area (Å²) in [7, 11) is 0. The van der Waals surface area contributed by atoms with Crippen molar-refractivity contribution in [2.75, 3.05) is 32.7 Å². The van der Waals surface area contributed by atoms with Crippen LogP contribution in [0.1, 0.15) is 15.9 Å². The molecule has 2 heterocycles. The third kappa shape index (κ3) is 4.64. The van der Waals surface area contributed by atoms with E-state index in [1.54, 1.807) is 29.8 Å². The zero-order chi connectivity index (χ0) is 19.4. The minimum atomic E-state index is -4.41. The number of nitrogens with zero attached hydrogens (tertiary/aromatic N) is 4. The maximum absolute atomic E-state index is 13.4. The van der Waals surface area contributed by atoms with Gasteiger partial charge in [-0.25, -0.2) is 9.67 Å². The third-order valence-electron chi connectivity index (χ3n) is 4.55. The van der Waals surface area contributed by atoms with Gasteiger partial charge in [-0.05, 0) is 30.7 Å². The predicted molar refractivity (Wildman–Crippen MR) is 92.7 cm³/mol. The Morgan fingerprint density at radius 1 is 1.33 bits per heavy atom. The minimum absolute atomic E-state index is 0.297. The number of carbonyl (C=O) groups is 1. The summed E-state index contributed by atoms with van der Waals surface area (Å²) in [5.41, 5.74) is 1.82. The van der Waals surface area contributed by atoms with Gasteiger partial charge >= 0.3 is 6.18 Å². The summed E-state index contributed by atoms with van der Waals surface area (Å²) in [5, 5.41) is 9.48. The number of aromatic nitrogens is 3. The summed E-state index contributed by atoms with van der Waals surface area (Å²) in [6.45, 7) is 2.92. The number of carbonyl (C=O) groups excluding carboxylic acids is 1. The molecule has 0 saturated carbocycles. The Kier molecular flexibility index (Phi) is 5.76. The molecule has 1 amide bonds. The molecular weight excluding hydrogens is 361 g/mol. The number of halogens is 3. The fraction of sp³-hybridized carbons (Fsp3) is 0.471. The van der Waals surface area contributed by atoms with Crippen LogP contribution in [0, 0.1) is 6.92 Å². The van der Waals surface area contributed by atoms with Gasteiger partial charge in [-0.3, -0.25) is 9.69 Å². The van der Waals surface area contributed by atoms with E-state index in [0.717, 1.165) is 11.3 Å². The largest absolute Gasteiger partial charge is 0.405 e. The van der Waals surface area contributed by atoms with E-state index < -0.39 is 24.7 Å². The van der Waals surface area contributed by atoms with Crippen LogP contribution in [0.15, 0.2) is 30.9 Å². The first-order valence-corrected chi connectivity index (χ1v) is 8.61. The lowest BCUT2D eigenvalue weighted by Gasteiger charge is -2.35. The number of amides is 1. The van der Waals surface area contributed by atoms with E-state index in [2.05, 4.69) is 20.7 Å². The second-order valence-corrected chi connectivity index (χ2v) is 6.39. The molecule has 0 spiro atoms. The second-order valence-electron chi connectivity index (χ2n) is 6.39. The van der Waals surface area contributed by atoms with Crippen LogP contribution < -0.4 is 10.6 Å². The number of rotatable bonds is 5. The Bertz CT molecular complexity index is 771. The van der Waals surface area contributed by atoms with Gasteiger partial charge in [0.1, 0.15) is 18.7 Å². The van der Waals surface area contributed by atoms with E-state index in [1.165, 1.54) is 17.6 Å². The topological polar surface area (TPSA) is 75.1 Å². The van der Waals surface area contributed by atoms with Crippen LogP contribution in [0.5, 0.6) is 0 Å². The summed E-state index contributed by atoms with van der Waals surface area (Å²) >= 11 is 0. The number of aryl methyl sites for hydroxylation is 1. The molecular formula is C17H21F3N6O.